The van der Waals surface area contributed by atoms with E-state index in [2.05, 4.69) is 20.8 Å². The minimum absolute atomic E-state index is 0.157. The quantitative estimate of drug-likeness (QED) is 0.0214. The molecule has 10 rings (SSSR count). The van der Waals surface area contributed by atoms with E-state index in [4.69, 9.17) is 29.4 Å². The highest BCUT2D eigenvalue weighted by Gasteiger charge is 2.25. The van der Waals surface area contributed by atoms with Crippen LogP contribution in [0.2, 0.25) is 0 Å². The first-order chi connectivity index (χ1) is 47.5. The molecule has 5 aromatic carbocycles. The lowest BCUT2D eigenvalue weighted by molar-refractivity contribution is 0.0807. The maximum atomic E-state index is 10.0. The first-order valence-electron chi connectivity index (χ1n) is 38.0. The van der Waals surface area contributed by atoms with Gasteiger partial charge in [-0.2, -0.15) is 0 Å². The van der Waals surface area contributed by atoms with Crippen LogP contribution < -0.4 is 29.4 Å². The summed E-state index contributed by atoms with van der Waals surface area (Å²) in [6.07, 6.45) is 26.4. The lowest BCUT2D eigenvalue weighted by atomic mass is 9.88. The van der Waals surface area contributed by atoms with Gasteiger partial charge in [-0.1, -0.05) is 153 Å². The van der Waals surface area contributed by atoms with E-state index in [-0.39, 0.29) is 30.5 Å². The van der Waals surface area contributed by atoms with Crippen molar-refractivity contribution in [2.45, 2.75) is 269 Å². The maximum Gasteiger partial charge on any atom is 0.119 e. The Kier molecular flexibility index (Phi) is 39.2. The molecule has 0 bridgehead atoms. The van der Waals surface area contributed by atoms with E-state index in [9.17, 15) is 46.0 Å². The van der Waals surface area contributed by atoms with E-state index >= 15 is 0 Å². The van der Waals surface area contributed by atoms with Crippen molar-refractivity contribution >= 4 is 0 Å². The molecule has 15 nitrogen and oxygen atoms in total. The molecule has 0 saturated heterocycles. The number of benzene rings is 5. The number of nitrogens with two attached hydrogens (primary N) is 1. The van der Waals surface area contributed by atoms with Gasteiger partial charge in [0.1, 0.15) is 28.7 Å². The van der Waals surface area contributed by atoms with E-state index in [1.807, 2.05) is 128 Å². The second kappa shape index (κ2) is 47.0. The van der Waals surface area contributed by atoms with Gasteiger partial charge in [0.15, 0.2) is 0 Å². The second-order valence-electron chi connectivity index (χ2n) is 28.6. The zero-order chi connectivity index (χ0) is 70.3. The van der Waals surface area contributed by atoms with Gasteiger partial charge in [0.05, 0.1) is 88.0 Å². The van der Waals surface area contributed by atoms with Crippen LogP contribution in [0.1, 0.15) is 272 Å². The van der Waals surface area contributed by atoms with Crippen molar-refractivity contribution in [3.63, 3.8) is 0 Å². The van der Waals surface area contributed by atoms with Gasteiger partial charge < -0.3 is 75.4 Å². The van der Waals surface area contributed by atoms with Crippen LogP contribution in [-0.2, 0) is 0 Å². The van der Waals surface area contributed by atoms with Crippen LogP contribution in [0.15, 0.2) is 121 Å². The Morgan fingerprint density at radius 2 is 0.561 bits per heavy atom. The molecule has 5 fully saturated rings. The molecule has 5 saturated carbocycles. The van der Waals surface area contributed by atoms with Gasteiger partial charge in [0.2, 0.25) is 0 Å². The highest BCUT2D eigenvalue weighted by molar-refractivity contribution is 5.33. The first kappa shape index (κ1) is 81.7. The molecule has 11 N–H and O–H groups in total. The second-order valence-corrected chi connectivity index (χ2v) is 28.6. The normalized spacial score (nSPS) is 23.3. The fourth-order valence-corrected chi connectivity index (χ4v) is 14.0. The summed E-state index contributed by atoms with van der Waals surface area (Å²) < 4.78 is 29.2. The molecule has 0 amide bonds. The minimum Gasteiger partial charge on any atom is -0.493 e. The lowest BCUT2D eigenvalue weighted by Crippen LogP contribution is -2.24. The standard InChI is InChI=1S/3C17H26O3.C16H25NO3.C16H24O2/c3*1-2-5-17(19)14-7-4-9-16(11-14)20-12-13-6-3-8-15(18)10-13;17-8-7-16(19)13-4-2-6-15(10-13)20-11-12-3-1-5-14(18)9-12;1-2-16(17)14-9-6-10-15(11-14)18-12-13-7-4-3-5-8-13/h3*4,7,9,11,13,15,17-19H,2-3,5-6,8,10,12H2,1H3;2,4,6,10,12,14,16,18-19H,1,3,5,7-9,11,17H2;6,9-11,13,16-17H,2-5,7-8,12H2,1H3/t13-,15+,17+;13-,15-,17+;13-,15-,17-;12-,14+,16-;/m0011./s1. The molecular weight excluding hydrogens is 1230 g/mol. The summed E-state index contributed by atoms with van der Waals surface area (Å²) in [6, 6.07) is 38.6. The van der Waals surface area contributed by atoms with Gasteiger partial charge in [0.25, 0.3) is 0 Å². The van der Waals surface area contributed by atoms with Gasteiger partial charge in [-0.3, -0.25) is 0 Å². The lowest BCUT2D eigenvalue weighted by Gasteiger charge is -2.25. The van der Waals surface area contributed by atoms with E-state index < -0.39 is 24.4 Å². The van der Waals surface area contributed by atoms with Crippen molar-refractivity contribution < 1.29 is 69.6 Å². The predicted molar refractivity (Wildman–Crippen MR) is 392 cm³/mol. The summed E-state index contributed by atoms with van der Waals surface area (Å²) >= 11 is 0. The summed E-state index contributed by atoms with van der Waals surface area (Å²) in [6.45, 7) is 12.1. The Balaban J connectivity index is 0.000000193. The SMILES string of the molecule is CCC(O)c1cccc(OCC2CCCCC2)c1.CCC[C@@H](O)c1cccc(OC[C@@H]2CCC[C@@H](O)C2)c1.CCC[C@@H](O)c1cccc(OC[C@H]2CCC[C@@H](O)C2)c1.CCC[C@@H](O)c1cccc(OC[C@H]2CCC[C@H](O)C2)c1.NCC[C@@H](O)c1cccc(OC[C@@H]2CCC[C@H](O)C2)c1. The fraction of sp³-hybridized carbons (Fsp3) is 0.639. The van der Waals surface area contributed by atoms with Crippen molar-refractivity contribution in [2.75, 3.05) is 39.6 Å². The van der Waals surface area contributed by atoms with Crippen molar-refractivity contribution in [1.29, 1.82) is 0 Å². The van der Waals surface area contributed by atoms with Crippen LogP contribution in [0.5, 0.6) is 28.7 Å². The number of hydrogen-bond acceptors (Lipinski definition) is 15. The van der Waals surface area contributed by atoms with Crippen molar-refractivity contribution in [1.82, 2.24) is 0 Å². The third-order valence-electron chi connectivity index (χ3n) is 19.9. The summed E-state index contributed by atoms with van der Waals surface area (Å²) in [4.78, 5) is 0. The number of aliphatic hydroxyl groups is 9. The number of aliphatic hydroxyl groups excluding tert-OH is 9. The molecule has 548 valence electrons. The molecular formula is C83H127NO14. The van der Waals surface area contributed by atoms with Crippen molar-refractivity contribution in [2.24, 2.45) is 35.3 Å². The first-order valence-corrected chi connectivity index (χ1v) is 38.0. The van der Waals surface area contributed by atoms with Gasteiger partial charge in [-0.15, -0.1) is 0 Å². The summed E-state index contributed by atoms with van der Waals surface area (Å²) in [5.41, 5.74) is 10.0. The average Bonchev–Trinajstić information content (AvgIpc) is 1.15. The Morgan fingerprint density at radius 1 is 0.316 bits per heavy atom. The summed E-state index contributed by atoms with van der Waals surface area (Å²) in [7, 11) is 0. The minimum atomic E-state index is -0.528. The molecule has 15 heteroatoms. The zero-order valence-corrected chi connectivity index (χ0v) is 60.0. The van der Waals surface area contributed by atoms with Crippen LogP contribution in [0, 0.1) is 29.6 Å². The Hall–Kier alpha value is -5.30. The van der Waals surface area contributed by atoms with Gasteiger partial charge in [-0.05, 0) is 247 Å². The monoisotopic (exact) mass is 1360 g/mol. The molecule has 0 aliphatic heterocycles. The van der Waals surface area contributed by atoms with Crippen LogP contribution in [0.25, 0.3) is 0 Å². The molecule has 0 heterocycles. The zero-order valence-electron chi connectivity index (χ0n) is 60.0. The third kappa shape index (κ3) is 31.7. The smallest absolute Gasteiger partial charge is 0.119 e. The van der Waals surface area contributed by atoms with E-state index in [0.717, 1.165) is 217 Å². The van der Waals surface area contributed by atoms with Gasteiger partial charge in [0, 0.05) is 0 Å². The summed E-state index contributed by atoms with van der Waals surface area (Å²) in [5, 5.41) is 88.4. The van der Waals surface area contributed by atoms with Crippen LogP contribution in [0.3, 0.4) is 0 Å². The van der Waals surface area contributed by atoms with Gasteiger partial charge in [-0.25, -0.2) is 0 Å². The molecule has 5 aromatic rings. The molecule has 0 radical (unpaired) electrons. The molecule has 13 atom stereocenters. The fourth-order valence-electron chi connectivity index (χ4n) is 14.0. The number of ether oxygens (including phenoxy) is 5. The summed E-state index contributed by atoms with van der Waals surface area (Å²) in [5.74, 6) is 6.61. The molecule has 5 aliphatic rings. The largest absolute Gasteiger partial charge is 0.493 e. The molecule has 98 heavy (non-hydrogen) atoms. The van der Waals surface area contributed by atoms with E-state index in [0.29, 0.717) is 63.1 Å². The van der Waals surface area contributed by atoms with Crippen LogP contribution >= 0.6 is 0 Å². The molecule has 0 spiro atoms. The van der Waals surface area contributed by atoms with Crippen LogP contribution in [-0.4, -0.2) is 110 Å². The third-order valence-corrected chi connectivity index (χ3v) is 19.9. The highest BCUT2D eigenvalue weighted by Crippen LogP contribution is 2.33. The van der Waals surface area contributed by atoms with Gasteiger partial charge >= 0.3 is 0 Å². The number of rotatable bonds is 29. The molecule has 0 aromatic heterocycles. The van der Waals surface area contributed by atoms with Crippen molar-refractivity contribution in [3.05, 3.63) is 149 Å². The Bertz CT molecular complexity index is 2560. The van der Waals surface area contributed by atoms with Crippen molar-refractivity contribution in [3.8, 4) is 28.7 Å². The number of hydrogen-bond donors (Lipinski definition) is 10. The maximum absolute atomic E-state index is 10.0. The molecule has 5 aliphatic carbocycles. The predicted octanol–water partition coefficient (Wildman–Crippen LogP) is 16.4. The van der Waals surface area contributed by atoms with E-state index in [1.54, 1.807) is 0 Å². The molecule has 1 unspecified atom stereocenters. The van der Waals surface area contributed by atoms with Crippen LogP contribution in [0.4, 0.5) is 0 Å². The highest BCUT2D eigenvalue weighted by atomic mass is 16.5. The Labute approximate surface area is 588 Å². The average molecular weight is 1360 g/mol. The topological polar surface area (TPSA) is 254 Å². The van der Waals surface area contributed by atoms with E-state index in [1.165, 1.54) is 32.1 Å². The Morgan fingerprint density at radius 3 is 0.806 bits per heavy atom.